The van der Waals surface area contributed by atoms with E-state index in [1.807, 2.05) is 0 Å². The van der Waals surface area contributed by atoms with Gasteiger partial charge in [0.1, 0.15) is 0 Å². The van der Waals surface area contributed by atoms with Crippen LogP contribution in [0.4, 0.5) is 5.69 Å². The lowest BCUT2D eigenvalue weighted by molar-refractivity contribution is -0.385. The Morgan fingerprint density at radius 1 is 1.42 bits per heavy atom. The first-order valence-corrected chi connectivity index (χ1v) is 6.76. The second kappa shape index (κ2) is 5.86. The zero-order valence-corrected chi connectivity index (χ0v) is 11.9. The molecule has 1 saturated heterocycles. The molecule has 1 fully saturated rings. The number of piperazine rings is 1. The predicted molar refractivity (Wildman–Crippen MR) is 75.4 cm³/mol. The van der Waals surface area contributed by atoms with Crippen molar-refractivity contribution in [2.24, 2.45) is 0 Å². The first kappa shape index (κ1) is 14.2. The number of nitrogens with zero attached hydrogens (tertiary/aromatic N) is 2. The number of halogens is 1. The fraction of sp³-hybridized carbons (Fsp3) is 0.538. The third-order valence-electron chi connectivity index (χ3n) is 3.64. The van der Waals surface area contributed by atoms with E-state index in [0.717, 1.165) is 13.1 Å². The van der Waals surface area contributed by atoms with E-state index in [1.165, 1.54) is 6.07 Å². The van der Waals surface area contributed by atoms with Gasteiger partial charge < -0.3 is 5.32 Å². The summed E-state index contributed by atoms with van der Waals surface area (Å²) in [6.07, 6.45) is 0. The second-order valence-corrected chi connectivity index (χ2v) is 5.43. The van der Waals surface area contributed by atoms with Crippen LogP contribution in [0.15, 0.2) is 18.2 Å². The first-order chi connectivity index (χ1) is 9.00. The molecule has 1 aromatic rings. The van der Waals surface area contributed by atoms with Gasteiger partial charge in [0.05, 0.1) is 15.5 Å². The van der Waals surface area contributed by atoms with E-state index >= 15 is 0 Å². The van der Waals surface area contributed by atoms with Crippen molar-refractivity contribution in [3.63, 3.8) is 0 Å². The summed E-state index contributed by atoms with van der Waals surface area (Å²) in [5, 5.41) is 14.9. The molecule has 1 heterocycles. The van der Waals surface area contributed by atoms with Gasteiger partial charge in [0, 0.05) is 37.8 Å². The minimum atomic E-state index is -0.362. The average Bonchev–Trinajstić information content (AvgIpc) is 2.35. The van der Waals surface area contributed by atoms with Crippen molar-refractivity contribution in [2.45, 2.75) is 32.5 Å². The number of hydrogen-bond acceptors (Lipinski definition) is 4. The van der Waals surface area contributed by atoms with Crippen molar-refractivity contribution in [2.75, 3.05) is 13.1 Å². The van der Waals surface area contributed by atoms with Gasteiger partial charge in [-0.3, -0.25) is 15.0 Å². The second-order valence-electron chi connectivity index (χ2n) is 5.02. The van der Waals surface area contributed by atoms with Gasteiger partial charge in [-0.05, 0) is 19.9 Å². The molecule has 19 heavy (non-hydrogen) atoms. The Morgan fingerprint density at radius 2 is 2.05 bits per heavy atom. The van der Waals surface area contributed by atoms with Gasteiger partial charge >= 0.3 is 0 Å². The summed E-state index contributed by atoms with van der Waals surface area (Å²) >= 11 is 6.14. The van der Waals surface area contributed by atoms with Crippen LogP contribution in [0.5, 0.6) is 0 Å². The molecule has 1 aliphatic heterocycles. The molecule has 1 aromatic carbocycles. The highest BCUT2D eigenvalue weighted by molar-refractivity contribution is 6.31. The minimum Gasteiger partial charge on any atom is -0.314 e. The predicted octanol–water partition coefficient (Wildman–Crippen LogP) is 2.43. The van der Waals surface area contributed by atoms with E-state index in [2.05, 4.69) is 24.1 Å². The maximum atomic E-state index is 11.1. The van der Waals surface area contributed by atoms with E-state index in [-0.39, 0.29) is 10.6 Å². The van der Waals surface area contributed by atoms with Crippen LogP contribution < -0.4 is 5.32 Å². The van der Waals surface area contributed by atoms with Gasteiger partial charge in [0.15, 0.2) is 0 Å². The fourth-order valence-corrected chi connectivity index (χ4v) is 2.77. The van der Waals surface area contributed by atoms with Crippen LogP contribution in [0.2, 0.25) is 5.02 Å². The summed E-state index contributed by atoms with van der Waals surface area (Å²) in [7, 11) is 0. The highest BCUT2D eigenvalue weighted by Gasteiger charge is 2.27. The molecule has 0 saturated carbocycles. The first-order valence-electron chi connectivity index (χ1n) is 6.39. The van der Waals surface area contributed by atoms with Gasteiger partial charge in [0.25, 0.3) is 5.69 Å². The van der Waals surface area contributed by atoms with E-state index in [1.54, 1.807) is 12.1 Å². The van der Waals surface area contributed by atoms with E-state index in [9.17, 15) is 10.1 Å². The molecule has 2 atom stereocenters. The average molecular weight is 284 g/mol. The van der Waals surface area contributed by atoms with E-state index in [0.29, 0.717) is 29.2 Å². The molecule has 0 radical (unpaired) electrons. The third kappa shape index (κ3) is 3.05. The summed E-state index contributed by atoms with van der Waals surface area (Å²) in [4.78, 5) is 13.0. The minimum absolute atomic E-state index is 0.102. The summed E-state index contributed by atoms with van der Waals surface area (Å²) in [6.45, 7) is 6.53. The quantitative estimate of drug-likeness (QED) is 0.684. The number of nitro benzene ring substituents is 1. The monoisotopic (exact) mass is 283 g/mol. The molecule has 104 valence electrons. The number of hydrogen-bond donors (Lipinski definition) is 1. The largest absolute Gasteiger partial charge is 0.314 e. The Kier molecular flexibility index (Phi) is 4.39. The van der Waals surface area contributed by atoms with Crippen molar-refractivity contribution in [3.05, 3.63) is 38.9 Å². The van der Waals surface area contributed by atoms with Crippen LogP contribution in [-0.4, -0.2) is 35.0 Å². The van der Waals surface area contributed by atoms with Gasteiger partial charge in [0.2, 0.25) is 0 Å². The molecule has 0 aliphatic carbocycles. The molecule has 6 heteroatoms. The molecule has 0 aromatic heterocycles. The number of benzene rings is 1. The van der Waals surface area contributed by atoms with Crippen LogP contribution in [0.3, 0.4) is 0 Å². The number of nitro groups is 1. The van der Waals surface area contributed by atoms with E-state index in [4.69, 9.17) is 11.6 Å². The zero-order valence-electron chi connectivity index (χ0n) is 11.1. The molecular weight excluding hydrogens is 266 g/mol. The maximum Gasteiger partial charge on any atom is 0.275 e. The molecule has 2 unspecified atom stereocenters. The molecule has 0 bridgehead atoms. The SMILES string of the molecule is CC1CNCC(C)N1Cc1c(Cl)cccc1[N+](=O)[O-]. The van der Waals surface area contributed by atoms with Crippen molar-refractivity contribution < 1.29 is 4.92 Å². The highest BCUT2D eigenvalue weighted by atomic mass is 35.5. The van der Waals surface area contributed by atoms with Crippen LogP contribution >= 0.6 is 11.6 Å². The molecule has 0 amide bonds. The van der Waals surface area contributed by atoms with Gasteiger partial charge in [-0.15, -0.1) is 0 Å². The lowest BCUT2D eigenvalue weighted by Gasteiger charge is -2.39. The van der Waals surface area contributed by atoms with Crippen LogP contribution in [0.1, 0.15) is 19.4 Å². The van der Waals surface area contributed by atoms with Gasteiger partial charge in [-0.1, -0.05) is 17.7 Å². The zero-order chi connectivity index (χ0) is 14.0. The van der Waals surface area contributed by atoms with Crippen LogP contribution in [-0.2, 0) is 6.54 Å². The standard InChI is InChI=1S/C13H18ClN3O2/c1-9-6-15-7-10(2)16(9)8-11-12(14)4-3-5-13(11)17(18)19/h3-5,9-10,15H,6-8H2,1-2H3. The van der Waals surface area contributed by atoms with Crippen LogP contribution in [0.25, 0.3) is 0 Å². The lowest BCUT2D eigenvalue weighted by Crippen LogP contribution is -2.54. The Balaban J connectivity index is 2.29. The lowest BCUT2D eigenvalue weighted by atomic mass is 10.1. The van der Waals surface area contributed by atoms with Crippen LogP contribution in [0, 0.1) is 10.1 Å². The normalized spacial score (nSPS) is 24.4. The topological polar surface area (TPSA) is 58.4 Å². The van der Waals surface area contributed by atoms with E-state index < -0.39 is 0 Å². The van der Waals surface area contributed by atoms with Crippen molar-refractivity contribution in [3.8, 4) is 0 Å². The molecular formula is C13H18ClN3O2. The third-order valence-corrected chi connectivity index (χ3v) is 4.00. The maximum absolute atomic E-state index is 11.1. The Labute approximate surface area is 117 Å². The van der Waals surface area contributed by atoms with Crippen molar-refractivity contribution >= 4 is 17.3 Å². The Morgan fingerprint density at radius 3 is 2.63 bits per heavy atom. The summed E-state index contributed by atoms with van der Waals surface area (Å²) < 4.78 is 0. The van der Waals surface area contributed by atoms with Crippen molar-refractivity contribution in [1.82, 2.24) is 10.2 Å². The summed E-state index contributed by atoms with van der Waals surface area (Å²) in [5.41, 5.74) is 0.709. The smallest absolute Gasteiger partial charge is 0.275 e. The fourth-order valence-electron chi connectivity index (χ4n) is 2.54. The number of nitrogens with one attached hydrogen (secondary N) is 1. The summed E-state index contributed by atoms with van der Waals surface area (Å²) in [5.74, 6) is 0. The highest BCUT2D eigenvalue weighted by Crippen LogP contribution is 2.29. The molecule has 1 aliphatic rings. The molecule has 5 nitrogen and oxygen atoms in total. The molecule has 0 spiro atoms. The number of rotatable bonds is 3. The summed E-state index contributed by atoms with van der Waals surface area (Å²) in [6, 6.07) is 5.51. The Hall–Kier alpha value is -1.17. The Bertz CT molecular complexity index is 471. The molecule has 1 N–H and O–H groups in total. The van der Waals surface area contributed by atoms with Gasteiger partial charge in [-0.2, -0.15) is 0 Å². The van der Waals surface area contributed by atoms with Crippen molar-refractivity contribution in [1.29, 1.82) is 0 Å². The van der Waals surface area contributed by atoms with Gasteiger partial charge in [-0.25, -0.2) is 0 Å². The molecule has 2 rings (SSSR count).